The van der Waals surface area contributed by atoms with E-state index in [1.807, 2.05) is 30.0 Å². The molecule has 0 aliphatic carbocycles. The van der Waals surface area contributed by atoms with Gasteiger partial charge < -0.3 is 15.5 Å². The number of carbonyl (C=O) groups is 3. The molecule has 0 radical (unpaired) electrons. The number of carboxylic acid groups (broad SMARTS) is 2. The van der Waals surface area contributed by atoms with Crippen molar-refractivity contribution in [3.63, 3.8) is 0 Å². The number of rotatable bonds is 13. The molecule has 11 nitrogen and oxygen atoms in total. The second kappa shape index (κ2) is 14.3. The van der Waals surface area contributed by atoms with Crippen molar-refractivity contribution in [2.75, 3.05) is 11.9 Å². The van der Waals surface area contributed by atoms with Crippen molar-refractivity contribution in [2.24, 2.45) is 4.99 Å². The molecule has 1 saturated heterocycles. The summed E-state index contributed by atoms with van der Waals surface area (Å²) in [5.74, 6) is -2.46. The van der Waals surface area contributed by atoms with Crippen LogP contribution < -0.4 is 5.32 Å². The fourth-order valence-electron chi connectivity index (χ4n) is 5.27. The first-order chi connectivity index (χ1) is 20.6. The minimum absolute atomic E-state index is 0.00873. The van der Waals surface area contributed by atoms with Crippen LogP contribution >= 0.6 is 0 Å². The summed E-state index contributed by atoms with van der Waals surface area (Å²) in [5, 5.41) is 33.5. The highest BCUT2D eigenvalue weighted by atomic mass is 16.6. The van der Waals surface area contributed by atoms with Gasteiger partial charge in [0.15, 0.2) is 0 Å². The molecule has 224 valence electrons. The van der Waals surface area contributed by atoms with Crippen LogP contribution in [0.4, 0.5) is 11.4 Å². The quantitative estimate of drug-likeness (QED) is 0.142. The lowest BCUT2D eigenvalue weighted by molar-refractivity contribution is -0.385. The second-order valence-corrected chi connectivity index (χ2v) is 10.5. The number of para-hydroxylation sites is 1. The Kier molecular flexibility index (Phi) is 10.3. The molecule has 4 rings (SSSR count). The molecule has 2 atom stereocenters. The van der Waals surface area contributed by atoms with Crippen LogP contribution in [-0.4, -0.2) is 62.2 Å². The van der Waals surface area contributed by atoms with Gasteiger partial charge in [0.2, 0.25) is 5.91 Å². The maximum absolute atomic E-state index is 13.7. The predicted octanol–water partition coefficient (Wildman–Crippen LogP) is 5.05. The van der Waals surface area contributed by atoms with E-state index in [9.17, 15) is 29.6 Å². The van der Waals surface area contributed by atoms with E-state index in [0.29, 0.717) is 41.1 Å². The summed E-state index contributed by atoms with van der Waals surface area (Å²) in [6.45, 7) is 2.74. The third kappa shape index (κ3) is 8.10. The SMILES string of the molecule is Cc1ccc(NC(=O)C2CCCN2Cc2ccccc2[N+](=O)[O-])c(C(=N[C@H](CCCC(=O)O)C(=O)O)c2ccccc2)c1. The molecular weight excluding hydrogens is 552 g/mol. The number of likely N-dealkylation sites (tertiary alicyclic amines) is 1. The third-order valence-corrected chi connectivity index (χ3v) is 7.40. The summed E-state index contributed by atoms with van der Waals surface area (Å²) in [7, 11) is 0. The summed E-state index contributed by atoms with van der Waals surface area (Å²) in [6.07, 6.45) is 1.35. The first kappa shape index (κ1) is 31.0. The topological polar surface area (TPSA) is 162 Å². The van der Waals surface area contributed by atoms with E-state index in [1.54, 1.807) is 48.5 Å². The fraction of sp³-hybridized carbons (Fsp3) is 0.312. The summed E-state index contributed by atoms with van der Waals surface area (Å²) in [6, 6.07) is 19.2. The van der Waals surface area contributed by atoms with Gasteiger partial charge in [-0.1, -0.05) is 60.2 Å². The molecule has 0 saturated carbocycles. The molecule has 1 amide bonds. The number of carboxylic acids is 2. The van der Waals surface area contributed by atoms with Gasteiger partial charge in [0.1, 0.15) is 6.04 Å². The van der Waals surface area contributed by atoms with E-state index in [1.165, 1.54) is 6.07 Å². The standard InChI is InChI=1S/C32H34N4O7/c1-21-16-17-25(34-31(39)28-14-8-18-35(28)20-23-11-5-6-13-27(23)36(42)43)24(19-21)30(22-9-3-2-4-10-22)33-26(32(40)41)12-7-15-29(37)38/h2-6,9-11,13,16-17,19,26,28H,7-8,12,14-15,18,20H2,1H3,(H,34,39)(H,37,38)(H,40,41)/t26-,28?/m1/s1. The number of hydrogen-bond donors (Lipinski definition) is 3. The number of aliphatic imine (C=N–C) groups is 1. The van der Waals surface area contributed by atoms with E-state index >= 15 is 0 Å². The lowest BCUT2D eigenvalue weighted by Crippen LogP contribution is -2.39. The van der Waals surface area contributed by atoms with Crippen LogP contribution in [0.15, 0.2) is 77.8 Å². The van der Waals surface area contributed by atoms with Gasteiger partial charge >= 0.3 is 11.9 Å². The van der Waals surface area contributed by atoms with E-state index in [4.69, 9.17) is 5.11 Å². The number of nitrogens with one attached hydrogen (secondary N) is 1. The Bertz CT molecular complexity index is 1520. The number of anilines is 1. The maximum Gasteiger partial charge on any atom is 0.328 e. The van der Waals surface area contributed by atoms with Crippen LogP contribution in [0.1, 0.15) is 54.4 Å². The van der Waals surface area contributed by atoms with Crippen molar-refractivity contribution >= 4 is 34.9 Å². The van der Waals surface area contributed by atoms with E-state index in [0.717, 1.165) is 12.0 Å². The van der Waals surface area contributed by atoms with Gasteiger partial charge in [0.25, 0.3) is 5.69 Å². The predicted molar refractivity (Wildman–Crippen MR) is 161 cm³/mol. The normalized spacial score (nSPS) is 16.0. The number of nitro groups is 1. The zero-order chi connectivity index (χ0) is 30.9. The number of amides is 1. The Morgan fingerprint density at radius 1 is 1.07 bits per heavy atom. The highest BCUT2D eigenvalue weighted by Crippen LogP contribution is 2.28. The van der Waals surface area contributed by atoms with Crippen molar-refractivity contribution in [2.45, 2.75) is 57.7 Å². The lowest BCUT2D eigenvalue weighted by atomic mass is 9.97. The first-order valence-electron chi connectivity index (χ1n) is 14.1. The average molecular weight is 587 g/mol. The van der Waals surface area contributed by atoms with Gasteiger partial charge in [0, 0.05) is 35.7 Å². The molecule has 43 heavy (non-hydrogen) atoms. The summed E-state index contributed by atoms with van der Waals surface area (Å²) in [5.41, 5.74) is 3.40. The zero-order valence-electron chi connectivity index (χ0n) is 23.8. The molecule has 0 aromatic heterocycles. The molecule has 3 aromatic rings. The van der Waals surface area contributed by atoms with Gasteiger partial charge in [-0.2, -0.15) is 0 Å². The minimum Gasteiger partial charge on any atom is -0.481 e. The smallest absolute Gasteiger partial charge is 0.328 e. The molecule has 0 spiro atoms. The molecule has 0 bridgehead atoms. The number of nitro benzene ring substituents is 1. The molecule has 1 unspecified atom stereocenters. The summed E-state index contributed by atoms with van der Waals surface area (Å²) < 4.78 is 0. The number of benzene rings is 3. The molecule has 3 N–H and O–H groups in total. The Hall–Kier alpha value is -4.90. The number of aryl methyl sites for hydroxylation is 1. The molecule has 3 aromatic carbocycles. The van der Waals surface area contributed by atoms with Crippen molar-refractivity contribution in [1.29, 1.82) is 0 Å². The van der Waals surface area contributed by atoms with E-state index in [2.05, 4.69) is 10.3 Å². The van der Waals surface area contributed by atoms with Gasteiger partial charge in [-0.05, 0) is 51.3 Å². The summed E-state index contributed by atoms with van der Waals surface area (Å²) in [4.78, 5) is 54.5. The van der Waals surface area contributed by atoms with Crippen LogP contribution in [0.3, 0.4) is 0 Å². The highest BCUT2D eigenvalue weighted by Gasteiger charge is 2.32. The van der Waals surface area contributed by atoms with Gasteiger partial charge in [-0.3, -0.25) is 29.6 Å². The van der Waals surface area contributed by atoms with E-state index in [-0.39, 0.29) is 37.4 Å². The third-order valence-electron chi connectivity index (χ3n) is 7.40. The highest BCUT2D eigenvalue weighted by molar-refractivity contribution is 6.18. The van der Waals surface area contributed by atoms with Crippen molar-refractivity contribution in [3.05, 3.63) is 105 Å². The van der Waals surface area contributed by atoms with Crippen molar-refractivity contribution in [3.8, 4) is 0 Å². The lowest BCUT2D eigenvalue weighted by Gasteiger charge is -2.24. The molecular formula is C32H34N4O7. The summed E-state index contributed by atoms with van der Waals surface area (Å²) >= 11 is 0. The number of carbonyl (C=O) groups excluding carboxylic acids is 1. The number of nitrogens with zero attached hydrogens (tertiary/aromatic N) is 3. The molecule has 1 aliphatic rings. The minimum atomic E-state index is -1.19. The number of aliphatic carboxylic acids is 2. The van der Waals surface area contributed by atoms with Crippen LogP contribution in [0, 0.1) is 17.0 Å². The van der Waals surface area contributed by atoms with Crippen LogP contribution in [0.5, 0.6) is 0 Å². The largest absolute Gasteiger partial charge is 0.481 e. The van der Waals surface area contributed by atoms with Gasteiger partial charge in [-0.15, -0.1) is 0 Å². The average Bonchev–Trinajstić information content (AvgIpc) is 3.44. The first-order valence-corrected chi connectivity index (χ1v) is 14.1. The molecule has 11 heteroatoms. The van der Waals surface area contributed by atoms with Crippen LogP contribution in [0.2, 0.25) is 0 Å². The Balaban J connectivity index is 1.66. The Labute approximate surface area is 249 Å². The van der Waals surface area contributed by atoms with E-state index < -0.39 is 28.9 Å². The molecule has 1 fully saturated rings. The molecule has 1 aliphatic heterocycles. The van der Waals surface area contributed by atoms with Crippen LogP contribution in [-0.2, 0) is 20.9 Å². The number of hydrogen-bond acceptors (Lipinski definition) is 7. The van der Waals surface area contributed by atoms with Gasteiger partial charge in [-0.25, -0.2) is 4.79 Å². The molecule has 1 heterocycles. The Morgan fingerprint density at radius 2 is 1.79 bits per heavy atom. The van der Waals surface area contributed by atoms with Crippen molar-refractivity contribution < 1.29 is 29.5 Å². The zero-order valence-corrected chi connectivity index (χ0v) is 23.8. The van der Waals surface area contributed by atoms with Crippen LogP contribution in [0.25, 0.3) is 0 Å². The van der Waals surface area contributed by atoms with Crippen molar-refractivity contribution in [1.82, 2.24) is 4.90 Å². The van der Waals surface area contributed by atoms with Gasteiger partial charge in [0.05, 0.1) is 22.4 Å². The maximum atomic E-state index is 13.7. The Morgan fingerprint density at radius 3 is 2.49 bits per heavy atom. The second-order valence-electron chi connectivity index (χ2n) is 10.5. The monoisotopic (exact) mass is 586 g/mol. The fourth-order valence-corrected chi connectivity index (χ4v) is 5.27.